The summed E-state index contributed by atoms with van der Waals surface area (Å²) in [5, 5.41) is 7.67. The van der Waals surface area contributed by atoms with E-state index in [2.05, 4.69) is 90.7 Å². The number of nitrogens with zero attached hydrogens (tertiary/aromatic N) is 3. The number of benzene rings is 2. The minimum atomic E-state index is -3.38. The maximum absolute atomic E-state index is 13.1. The Labute approximate surface area is 374 Å². The van der Waals surface area contributed by atoms with Gasteiger partial charge in [0.05, 0.1) is 18.6 Å². The second kappa shape index (κ2) is 27.2. The molecule has 1 aromatic heterocycles. The van der Waals surface area contributed by atoms with Crippen LogP contribution < -0.4 is 9.46 Å². The van der Waals surface area contributed by atoms with Crippen molar-refractivity contribution < 1.29 is 26.0 Å². The van der Waals surface area contributed by atoms with E-state index in [1.54, 1.807) is 18.3 Å². The number of unbranched alkanes of at least 4 members (excludes halogenated alkanes) is 2. The van der Waals surface area contributed by atoms with E-state index in [1.165, 1.54) is 12.8 Å². The van der Waals surface area contributed by atoms with Crippen LogP contribution >= 0.6 is 0 Å². The van der Waals surface area contributed by atoms with E-state index < -0.39 is 20.0 Å². The summed E-state index contributed by atoms with van der Waals surface area (Å²) in [6, 6.07) is 15.6. The molecule has 0 spiro atoms. The molecule has 3 rings (SSSR count). The first-order chi connectivity index (χ1) is 27.9. The SMILES string of the molecule is C=CCCCCNS(=O)(=O)CCC(C)(C)C.CCCC(C)(C)C.COc1ccc(CN(Cc2ccc(C)cc2)S(=O)(=O)CCC(C)(C)C)cc1.Cc1nnc(CC(C)(C)C)o1. The zero-order valence-corrected chi connectivity index (χ0v) is 42.8. The molecular formula is C49H86N4O6S2. The molecule has 350 valence electrons. The van der Waals surface area contributed by atoms with Crippen molar-refractivity contribution >= 4 is 20.0 Å². The minimum absolute atomic E-state index is 0.0251. The lowest BCUT2D eigenvalue weighted by atomic mass is 9.91. The van der Waals surface area contributed by atoms with E-state index in [9.17, 15) is 16.8 Å². The molecule has 0 aliphatic rings. The predicted molar refractivity (Wildman–Crippen MR) is 258 cm³/mol. The zero-order valence-electron chi connectivity index (χ0n) is 41.2. The van der Waals surface area contributed by atoms with Crippen molar-refractivity contribution in [2.45, 2.75) is 168 Å². The first kappa shape index (κ1) is 57.9. The quantitative estimate of drug-likeness (QED) is 0.0986. The van der Waals surface area contributed by atoms with Crippen LogP contribution in [0.2, 0.25) is 0 Å². The average molecular weight is 891 g/mol. The highest BCUT2D eigenvalue weighted by atomic mass is 32.2. The van der Waals surface area contributed by atoms with Crippen LogP contribution in [0.25, 0.3) is 0 Å². The number of allylic oxidation sites excluding steroid dienone is 1. The van der Waals surface area contributed by atoms with Gasteiger partial charge in [0.1, 0.15) is 5.75 Å². The summed E-state index contributed by atoms with van der Waals surface area (Å²) in [4.78, 5) is 0. The van der Waals surface area contributed by atoms with Crippen LogP contribution in [0, 0.1) is 35.5 Å². The van der Waals surface area contributed by atoms with Crippen molar-refractivity contribution in [2.24, 2.45) is 21.7 Å². The Morgan fingerprint density at radius 2 is 1.20 bits per heavy atom. The largest absolute Gasteiger partial charge is 0.497 e. The second-order valence-corrected chi connectivity index (χ2v) is 24.8. The Bertz CT molecular complexity index is 1840. The maximum atomic E-state index is 13.1. The molecule has 0 bridgehead atoms. The number of rotatable bonds is 18. The van der Waals surface area contributed by atoms with Gasteiger partial charge in [0.25, 0.3) is 0 Å². The average Bonchev–Trinajstić information content (AvgIpc) is 3.53. The summed E-state index contributed by atoms with van der Waals surface area (Å²) in [6.07, 6.45) is 9.48. The topological polar surface area (TPSA) is 132 Å². The van der Waals surface area contributed by atoms with Gasteiger partial charge in [0.15, 0.2) is 0 Å². The molecule has 0 radical (unpaired) electrons. The molecule has 10 nitrogen and oxygen atoms in total. The third-order valence-electron chi connectivity index (χ3n) is 9.03. The summed E-state index contributed by atoms with van der Waals surface area (Å²) >= 11 is 0. The van der Waals surface area contributed by atoms with Crippen LogP contribution in [-0.4, -0.2) is 56.5 Å². The van der Waals surface area contributed by atoms with Gasteiger partial charge in [0, 0.05) is 33.0 Å². The number of ether oxygens (including phenoxy) is 1. The lowest BCUT2D eigenvalue weighted by molar-refractivity contribution is 0.349. The van der Waals surface area contributed by atoms with Crippen molar-refractivity contribution in [1.29, 1.82) is 0 Å². The number of methoxy groups -OCH3 is 1. The number of hydrogen-bond acceptors (Lipinski definition) is 8. The third-order valence-corrected chi connectivity index (χ3v) is 12.2. The Morgan fingerprint density at radius 1 is 0.705 bits per heavy atom. The normalized spacial score (nSPS) is 12.3. The van der Waals surface area contributed by atoms with Gasteiger partial charge in [-0.3, -0.25) is 0 Å². The summed E-state index contributed by atoms with van der Waals surface area (Å²) in [5.41, 5.74) is 3.92. The van der Waals surface area contributed by atoms with Gasteiger partial charge in [-0.15, -0.1) is 16.8 Å². The lowest BCUT2D eigenvalue weighted by Gasteiger charge is -2.25. The minimum Gasteiger partial charge on any atom is -0.497 e. The molecule has 0 atom stereocenters. The molecule has 12 heteroatoms. The highest BCUT2D eigenvalue weighted by molar-refractivity contribution is 7.89. The van der Waals surface area contributed by atoms with Crippen LogP contribution in [0.1, 0.15) is 163 Å². The predicted octanol–water partition coefficient (Wildman–Crippen LogP) is 12.3. The molecule has 2 aromatic carbocycles. The third kappa shape index (κ3) is 32.3. The lowest BCUT2D eigenvalue weighted by Crippen LogP contribution is -2.33. The Kier molecular flexibility index (Phi) is 25.8. The highest BCUT2D eigenvalue weighted by Crippen LogP contribution is 2.24. The van der Waals surface area contributed by atoms with E-state index >= 15 is 0 Å². The zero-order chi connectivity index (χ0) is 47.1. The first-order valence-corrected chi connectivity index (χ1v) is 25.2. The molecule has 1 N–H and O–H groups in total. The summed E-state index contributed by atoms with van der Waals surface area (Å²) in [6.45, 7) is 36.6. The fraction of sp³-hybridized carbons (Fsp3) is 0.673. The molecule has 3 aromatic rings. The molecule has 0 amide bonds. The van der Waals surface area contributed by atoms with Gasteiger partial charge < -0.3 is 9.15 Å². The van der Waals surface area contributed by atoms with Gasteiger partial charge in [-0.25, -0.2) is 21.6 Å². The smallest absolute Gasteiger partial charge is 0.217 e. The molecule has 0 fully saturated rings. The Morgan fingerprint density at radius 3 is 1.59 bits per heavy atom. The molecule has 61 heavy (non-hydrogen) atoms. The van der Waals surface area contributed by atoms with Crippen molar-refractivity contribution in [1.82, 2.24) is 19.2 Å². The van der Waals surface area contributed by atoms with E-state index in [0.29, 0.717) is 43.8 Å². The molecule has 0 unspecified atom stereocenters. The number of nitrogens with one attached hydrogen (secondary N) is 1. The van der Waals surface area contributed by atoms with E-state index in [1.807, 2.05) is 82.3 Å². The summed E-state index contributed by atoms with van der Waals surface area (Å²) in [5.74, 6) is 2.51. The van der Waals surface area contributed by atoms with E-state index in [-0.39, 0.29) is 27.8 Å². The van der Waals surface area contributed by atoms with Crippen LogP contribution in [-0.2, 0) is 39.6 Å². The van der Waals surface area contributed by atoms with Crippen molar-refractivity contribution in [3.63, 3.8) is 0 Å². The number of hydrogen-bond donors (Lipinski definition) is 1. The molecule has 0 saturated heterocycles. The standard InChI is InChI=1S/C22H31NO3S.C12H25NO2S.C8H14N2O.C7H16/c1-18-6-8-19(9-7-18)16-23(27(24,25)15-14-22(2,3)4)17-20-10-12-21(26-5)13-11-20;1-5-6-7-8-10-13-16(14,15)11-9-12(2,3)4;1-6-9-10-7(11-6)5-8(2,3)4;1-5-6-7(2,3)4/h6-13H,14-17H2,1-5H3;5,13H,1,6-11H2,2-4H3;5H2,1-4H3;5-6H2,1-4H3. The summed E-state index contributed by atoms with van der Waals surface area (Å²) < 4.78 is 64.0. The Balaban J connectivity index is 0.000000893. The molecule has 0 saturated carbocycles. The van der Waals surface area contributed by atoms with Crippen LogP contribution in [0.3, 0.4) is 0 Å². The fourth-order valence-electron chi connectivity index (χ4n) is 5.42. The van der Waals surface area contributed by atoms with Gasteiger partial charge in [-0.1, -0.05) is 144 Å². The molecular weight excluding hydrogens is 805 g/mol. The molecule has 0 aliphatic carbocycles. The summed E-state index contributed by atoms with van der Waals surface area (Å²) in [7, 11) is -4.83. The van der Waals surface area contributed by atoms with Crippen molar-refractivity contribution in [3.05, 3.63) is 89.7 Å². The van der Waals surface area contributed by atoms with Gasteiger partial charge in [-0.05, 0) is 90.4 Å². The van der Waals surface area contributed by atoms with Crippen LogP contribution in [0.15, 0.2) is 65.6 Å². The van der Waals surface area contributed by atoms with Crippen LogP contribution in [0.5, 0.6) is 5.75 Å². The number of aryl methyl sites for hydroxylation is 2. The number of sulfonamides is 2. The number of aromatic nitrogens is 2. The second-order valence-electron chi connectivity index (χ2n) is 20.8. The van der Waals surface area contributed by atoms with E-state index in [0.717, 1.165) is 54.0 Å². The first-order valence-electron chi connectivity index (χ1n) is 21.9. The Hall–Kier alpha value is -3.06. The maximum Gasteiger partial charge on any atom is 0.217 e. The molecule has 0 aliphatic heterocycles. The van der Waals surface area contributed by atoms with Crippen molar-refractivity contribution in [3.8, 4) is 5.75 Å². The van der Waals surface area contributed by atoms with Crippen LogP contribution in [0.4, 0.5) is 0 Å². The van der Waals surface area contributed by atoms with Crippen molar-refractivity contribution in [2.75, 3.05) is 25.2 Å². The fourth-order valence-corrected chi connectivity index (χ4v) is 8.72. The van der Waals surface area contributed by atoms with Gasteiger partial charge in [-0.2, -0.15) is 4.31 Å². The molecule has 1 heterocycles. The van der Waals surface area contributed by atoms with E-state index in [4.69, 9.17) is 9.15 Å². The van der Waals surface area contributed by atoms with Gasteiger partial charge in [0.2, 0.25) is 31.8 Å². The van der Waals surface area contributed by atoms with Gasteiger partial charge >= 0.3 is 0 Å². The monoisotopic (exact) mass is 891 g/mol. The highest BCUT2D eigenvalue weighted by Gasteiger charge is 2.25.